The van der Waals surface area contributed by atoms with Crippen molar-refractivity contribution in [1.82, 2.24) is 10.2 Å². The first-order chi connectivity index (χ1) is 23.7. The van der Waals surface area contributed by atoms with E-state index in [1.807, 2.05) is 61.5 Å². The number of rotatable bonds is 14. The fourth-order valence-corrected chi connectivity index (χ4v) is 7.72. The number of anilines is 1. The van der Waals surface area contributed by atoms with Crippen LogP contribution >= 0.6 is 0 Å². The van der Waals surface area contributed by atoms with Gasteiger partial charge in [-0.3, -0.25) is 13.9 Å². The summed E-state index contributed by atoms with van der Waals surface area (Å²) in [6.07, 6.45) is 5.25. The van der Waals surface area contributed by atoms with E-state index in [0.717, 1.165) is 53.1 Å². The summed E-state index contributed by atoms with van der Waals surface area (Å²) in [6.45, 7) is 1.52. The lowest BCUT2D eigenvalue weighted by Gasteiger charge is -2.35. The van der Waals surface area contributed by atoms with Crippen LogP contribution in [0.4, 0.5) is 5.69 Å². The Morgan fingerprint density at radius 2 is 1.45 bits per heavy atom. The van der Waals surface area contributed by atoms with Crippen molar-refractivity contribution in [2.24, 2.45) is 0 Å². The lowest BCUT2D eigenvalue weighted by atomic mass is 9.94. The standard InChI is InChI=1S/C39H45N3O6S/c1-29-15-13-14-18-31(29)27-41(35(25-30-16-7-4-8-17-30)39(44)40-32-19-9-5-10-20-32)38(43)28-42(49(45,46)34-21-11-6-12-22-34)33-23-24-36(47-2)37(26-33)48-3/h4,6-8,11-18,21-24,26,32,35H,5,9-10,19-20,25,27-28H2,1-3H3,(H,40,44). The van der Waals surface area contributed by atoms with E-state index in [1.54, 1.807) is 35.2 Å². The van der Waals surface area contributed by atoms with Gasteiger partial charge in [0.1, 0.15) is 12.6 Å². The zero-order valence-electron chi connectivity index (χ0n) is 28.4. The summed E-state index contributed by atoms with van der Waals surface area (Å²) in [6, 6.07) is 29.2. The maximum absolute atomic E-state index is 14.8. The first-order valence-corrected chi connectivity index (χ1v) is 18.1. The number of amides is 2. The third-order valence-corrected chi connectivity index (χ3v) is 10.9. The van der Waals surface area contributed by atoms with Crippen molar-refractivity contribution < 1.29 is 27.5 Å². The third-order valence-electron chi connectivity index (χ3n) is 9.09. The molecule has 1 aliphatic carbocycles. The molecular weight excluding hydrogens is 639 g/mol. The molecule has 4 aromatic carbocycles. The Hall–Kier alpha value is -4.83. The van der Waals surface area contributed by atoms with Gasteiger partial charge in [0.15, 0.2) is 11.5 Å². The number of ether oxygens (including phenoxy) is 2. The van der Waals surface area contributed by atoms with E-state index in [0.29, 0.717) is 11.5 Å². The number of nitrogens with zero attached hydrogens (tertiary/aromatic N) is 2. The predicted octanol–water partition coefficient (Wildman–Crippen LogP) is 6.30. The first-order valence-electron chi connectivity index (χ1n) is 16.7. The molecule has 1 unspecified atom stereocenters. The molecule has 2 amide bonds. The number of benzene rings is 4. The number of hydrogen-bond donors (Lipinski definition) is 1. The fraction of sp³-hybridized carbons (Fsp3) is 0.333. The molecular formula is C39H45N3O6S. The molecule has 1 atom stereocenters. The van der Waals surface area contributed by atoms with E-state index in [4.69, 9.17) is 9.47 Å². The van der Waals surface area contributed by atoms with E-state index in [2.05, 4.69) is 5.32 Å². The average Bonchev–Trinajstić information content (AvgIpc) is 3.13. The van der Waals surface area contributed by atoms with Crippen LogP contribution in [0, 0.1) is 6.92 Å². The molecule has 0 spiro atoms. The molecule has 0 heterocycles. The van der Waals surface area contributed by atoms with E-state index >= 15 is 0 Å². The molecule has 9 nitrogen and oxygen atoms in total. The van der Waals surface area contributed by atoms with Gasteiger partial charge >= 0.3 is 0 Å². The first kappa shape index (κ1) is 35.5. The minimum absolute atomic E-state index is 0.0247. The summed E-state index contributed by atoms with van der Waals surface area (Å²) < 4.78 is 40.6. The molecule has 0 aliphatic heterocycles. The minimum Gasteiger partial charge on any atom is -0.493 e. The molecule has 0 saturated heterocycles. The highest BCUT2D eigenvalue weighted by atomic mass is 32.2. The van der Waals surface area contributed by atoms with Gasteiger partial charge in [0, 0.05) is 25.1 Å². The number of carbonyl (C=O) groups excluding carboxylic acids is 2. The number of carbonyl (C=O) groups is 2. The molecule has 0 bridgehead atoms. The zero-order chi connectivity index (χ0) is 34.8. The van der Waals surface area contributed by atoms with Crippen molar-refractivity contribution in [3.63, 3.8) is 0 Å². The molecule has 0 radical (unpaired) electrons. The normalized spacial score (nSPS) is 14.0. The molecule has 1 fully saturated rings. The van der Waals surface area contributed by atoms with Crippen LogP contribution in [0.2, 0.25) is 0 Å². The molecule has 1 aliphatic rings. The van der Waals surface area contributed by atoms with E-state index < -0.39 is 28.5 Å². The number of methoxy groups -OCH3 is 2. The van der Waals surface area contributed by atoms with E-state index in [1.165, 1.54) is 32.4 Å². The van der Waals surface area contributed by atoms with Crippen molar-refractivity contribution in [2.45, 2.75) is 69.0 Å². The molecule has 1 N–H and O–H groups in total. The Kier molecular flexibility index (Phi) is 12.0. The predicted molar refractivity (Wildman–Crippen MR) is 191 cm³/mol. The summed E-state index contributed by atoms with van der Waals surface area (Å²) >= 11 is 0. The Morgan fingerprint density at radius 1 is 0.816 bits per heavy atom. The van der Waals surface area contributed by atoms with Crippen LogP contribution in [0.25, 0.3) is 0 Å². The topological polar surface area (TPSA) is 105 Å². The average molecular weight is 684 g/mol. The Morgan fingerprint density at radius 3 is 2.10 bits per heavy atom. The monoisotopic (exact) mass is 683 g/mol. The molecule has 10 heteroatoms. The molecule has 258 valence electrons. The van der Waals surface area contributed by atoms with Gasteiger partial charge < -0.3 is 19.7 Å². The van der Waals surface area contributed by atoms with Crippen LogP contribution in [0.3, 0.4) is 0 Å². The molecule has 1 saturated carbocycles. The van der Waals surface area contributed by atoms with Gasteiger partial charge in [-0.2, -0.15) is 0 Å². The quantitative estimate of drug-likeness (QED) is 0.167. The maximum Gasteiger partial charge on any atom is 0.264 e. The fourth-order valence-electron chi connectivity index (χ4n) is 6.30. The second kappa shape index (κ2) is 16.5. The van der Waals surface area contributed by atoms with Gasteiger partial charge in [-0.25, -0.2) is 8.42 Å². The smallest absolute Gasteiger partial charge is 0.264 e. The summed E-state index contributed by atoms with van der Waals surface area (Å²) in [4.78, 5) is 30.7. The number of hydrogen-bond acceptors (Lipinski definition) is 6. The summed E-state index contributed by atoms with van der Waals surface area (Å²) in [5.74, 6) is -0.0389. The van der Waals surface area contributed by atoms with Gasteiger partial charge in [0.2, 0.25) is 11.8 Å². The lowest BCUT2D eigenvalue weighted by molar-refractivity contribution is -0.140. The number of sulfonamides is 1. The van der Waals surface area contributed by atoms with Gasteiger partial charge in [0.05, 0.1) is 24.8 Å². The molecule has 5 rings (SSSR count). The van der Waals surface area contributed by atoms with Gasteiger partial charge in [0.25, 0.3) is 10.0 Å². The largest absolute Gasteiger partial charge is 0.493 e. The van der Waals surface area contributed by atoms with Crippen LogP contribution in [0.5, 0.6) is 11.5 Å². The molecule has 4 aromatic rings. The van der Waals surface area contributed by atoms with Crippen molar-refractivity contribution >= 4 is 27.5 Å². The second-order valence-corrected chi connectivity index (χ2v) is 14.2. The van der Waals surface area contributed by atoms with Gasteiger partial charge in [-0.05, 0) is 60.7 Å². The molecule has 0 aromatic heterocycles. The Balaban J connectivity index is 1.59. The SMILES string of the molecule is COc1ccc(N(CC(=O)N(Cc2ccccc2C)C(Cc2ccccc2)C(=O)NC2CCCCC2)S(=O)(=O)c2ccccc2)cc1OC. The number of nitrogens with one attached hydrogen (secondary N) is 1. The lowest BCUT2D eigenvalue weighted by Crippen LogP contribution is -2.55. The second-order valence-electron chi connectivity index (χ2n) is 12.4. The van der Waals surface area contributed by atoms with Crippen molar-refractivity contribution in [3.8, 4) is 11.5 Å². The highest BCUT2D eigenvalue weighted by Crippen LogP contribution is 2.34. The minimum atomic E-state index is -4.25. The van der Waals surface area contributed by atoms with Gasteiger partial charge in [-0.1, -0.05) is 92.1 Å². The summed E-state index contributed by atoms with van der Waals surface area (Å²) in [7, 11) is -1.29. The summed E-state index contributed by atoms with van der Waals surface area (Å²) in [5, 5.41) is 3.25. The van der Waals surface area contributed by atoms with Crippen LogP contribution in [-0.2, 0) is 32.6 Å². The third kappa shape index (κ3) is 8.80. The van der Waals surface area contributed by atoms with Crippen LogP contribution in [-0.4, -0.2) is 58.0 Å². The van der Waals surface area contributed by atoms with Crippen LogP contribution in [0.1, 0.15) is 48.8 Å². The van der Waals surface area contributed by atoms with E-state index in [-0.39, 0.29) is 35.5 Å². The van der Waals surface area contributed by atoms with Crippen LogP contribution in [0.15, 0.2) is 108 Å². The Bertz CT molecular complexity index is 1810. The highest BCUT2D eigenvalue weighted by molar-refractivity contribution is 7.92. The zero-order valence-corrected chi connectivity index (χ0v) is 29.2. The van der Waals surface area contributed by atoms with E-state index in [9.17, 15) is 18.0 Å². The van der Waals surface area contributed by atoms with Gasteiger partial charge in [-0.15, -0.1) is 0 Å². The summed E-state index contributed by atoms with van der Waals surface area (Å²) in [5.41, 5.74) is 2.93. The molecule has 49 heavy (non-hydrogen) atoms. The van der Waals surface area contributed by atoms with Crippen molar-refractivity contribution in [2.75, 3.05) is 25.1 Å². The van der Waals surface area contributed by atoms with Crippen molar-refractivity contribution in [3.05, 3.63) is 120 Å². The number of aryl methyl sites for hydroxylation is 1. The highest BCUT2D eigenvalue weighted by Gasteiger charge is 2.36. The Labute approximate surface area is 289 Å². The van der Waals surface area contributed by atoms with Crippen molar-refractivity contribution in [1.29, 1.82) is 0 Å². The maximum atomic E-state index is 14.8. The van der Waals surface area contributed by atoms with Crippen LogP contribution < -0.4 is 19.1 Å².